The number of halogens is 4. The van der Waals surface area contributed by atoms with Gasteiger partial charge < -0.3 is 4.90 Å². The lowest BCUT2D eigenvalue weighted by Crippen LogP contribution is -2.29. The molecule has 1 aliphatic heterocycles. The van der Waals surface area contributed by atoms with Crippen LogP contribution in [-0.2, 0) is 6.18 Å². The van der Waals surface area contributed by atoms with E-state index in [1.807, 2.05) is 12.1 Å². The predicted octanol–water partition coefficient (Wildman–Crippen LogP) is 5.23. The Morgan fingerprint density at radius 1 is 1.04 bits per heavy atom. The summed E-state index contributed by atoms with van der Waals surface area (Å²) in [5, 5.41) is -0.243. The maximum Gasteiger partial charge on any atom is 0.417 e. The first-order valence-electron chi connectivity index (χ1n) is 9.00. The Labute approximate surface area is 164 Å². The molecule has 28 heavy (non-hydrogen) atoms. The van der Waals surface area contributed by atoms with Gasteiger partial charge in [0.1, 0.15) is 0 Å². The smallest absolute Gasteiger partial charge is 0.355 e. The molecule has 4 rings (SSSR count). The zero-order chi connectivity index (χ0) is 19.9. The van der Waals surface area contributed by atoms with E-state index in [1.54, 1.807) is 12.3 Å². The van der Waals surface area contributed by atoms with Crippen molar-refractivity contribution < 1.29 is 18.0 Å². The van der Waals surface area contributed by atoms with Crippen LogP contribution < -0.4 is 4.90 Å². The number of piperidine rings is 1. The van der Waals surface area contributed by atoms with Gasteiger partial charge in [0.05, 0.1) is 21.7 Å². The number of ketones is 1. The lowest BCUT2D eigenvalue weighted by molar-refractivity contribution is -0.137. The average molecular weight is 408 g/mol. The highest BCUT2D eigenvalue weighted by molar-refractivity contribution is 6.35. The molecular formula is C20H17ClF3N3O. The zero-order valence-electron chi connectivity index (χ0n) is 14.8. The van der Waals surface area contributed by atoms with Gasteiger partial charge in [-0.1, -0.05) is 23.7 Å². The molecular weight excluding hydrogens is 391 g/mol. The van der Waals surface area contributed by atoms with E-state index in [2.05, 4.69) is 9.88 Å². The molecule has 0 bridgehead atoms. The second kappa shape index (κ2) is 7.13. The first-order valence-corrected chi connectivity index (χ1v) is 9.38. The summed E-state index contributed by atoms with van der Waals surface area (Å²) in [5.41, 5.74) is -0.942. The Morgan fingerprint density at radius 3 is 2.50 bits per heavy atom. The molecule has 1 aromatic carbocycles. The number of aromatic nitrogens is 2. The molecule has 1 aliphatic rings. The highest BCUT2D eigenvalue weighted by atomic mass is 35.5. The quantitative estimate of drug-likeness (QED) is 0.558. The van der Waals surface area contributed by atoms with Gasteiger partial charge in [-0.3, -0.25) is 9.20 Å². The van der Waals surface area contributed by atoms with Gasteiger partial charge >= 0.3 is 6.18 Å². The van der Waals surface area contributed by atoms with E-state index >= 15 is 0 Å². The number of nitrogens with zero attached hydrogens (tertiary/aromatic N) is 3. The van der Waals surface area contributed by atoms with E-state index in [0.717, 1.165) is 38.4 Å². The minimum Gasteiger partial charge on any atom is -0.355 e. The van der Waals surface area contributed by atoms with Gasteiger partial charge in [-0.05, 0) is 43.5 Å². The summed E-state index contributed by atoms with van der Waals surface area (Å²) < 4.78 is 41.9. The molecule has 0 unspecified atom stereocenters. The van der Waals surface area contributed by atoms with E-state index in [0.29, 0.717) is 11.3 Å². The van der Waals surface area contributed by atoms with Crippen LogP contribution in [0.2, 0.25) is 5.02 Å². The number of carbonyl (C=O) groups is 1. The van der Waals surface area contributed by atoms with E-state index in [-0.39, 0.29) is 10.8 Å². The van der Waals surface area contributed by atoms with Crippen LogP contribution in [0.15, 0.2) is 42.6 Å². The first-order chi connectivity index (χ1) is 13.4. The molecule has 2 aromatic heterocycles. The van der Waals surface area contributed by atoms with Crippen LogP contribution in [0.5, 0.6) is 0 Å². The standard InChI is InChI=1S/C20H17ClF3N3O/c21-14-8-6-7-13(20(22,23)24)16(14)17(28)19-25-18(26-10-3-1-4-11-26)15-9-2-5-12-27(15)19/h2,5-9,12H,1,3-4,10-11H2. The van der Waals surface area contributed by atoms with Crippen molar-refractivity contribution >= 4 is 28.7 Å². The van der Waals surface area contributed by atoms with Gasteiger partial charge in [0.2, 0.25) is 5.78 Å². The molecule has 0 radical (unpaired) electrons. The SMILES string of the molecule is O=C(c1c(Cl)cccc1C(F)(F)F)c1nc(N2CCCCC2)c2ccccn12. The van der Waals surface area contributed by atoms with Crippen molar-refractivity contribution in [2.75, 3.05) is 18.0 Å². The summed E-state index contributed by atoms with van der Waals surface area (Å²) in [7, 11) is 0. The molecule has 3 aromatic rings. The normalized spacial score (nSPS) is 15.2. The molecule has 0 aliphatic carbocycles. The topological polar surface area (TPSA) is 37.6 Å². The number of anilines is 1. The van der Waals surface area contributed by atoms with Gasteiger partial charge in [-0.2, -0.15) is 13.2 Å². The third kappa shape index (κ3) is 3.24. The van der Waals surface area contributed by atoms with Gasteiger partial charge in [0.25, 0.3) is 0 Å². The maximum absolute atomic E-state index is 13.5. The second-order valence-corrected chi connectivity index (χ2v) is 7.16. The van der Waals surface area contributed by atoms with Crippen molar-refractivity contribution in [1.29, 1.82) is 0 Å². The third-order valence-electron chi connectivity index (χ3n) is 4.93. The lowest BCUT2D eigenvalue weighted by Gasteiger charge is -2.26. The van der Waals surface area contributed by atoms with Gasteiger partial charge in [0, 0.05) is 19.3 Å². The number of alkyl halides is 3. The third-order valence-corrected chi connectivity index (χ3v) is 5.25. The summed E-state index contributed by atoms with van der Waals surface area (Å²) in [6, 6.07) is 8.67. The van der Waals surface area contributed by atoms with Crippen molar-refractivity contribution in [1.82, 2.24) is 9.38 Å². The van der Waals surface area contributed by atoms with Crippen LogP contribution >= 0.6 is 11.6 Å². The zero-order valence-corrected chi connectivity index (χ0v) is 15.6. The summed E-state index contributed by atoms with van der Waals surface area (Å²) in [5.74, 6) is -0.304. The van der Waals surface area contributed by atoms with Crippen molar-refractivity contribution in [3.8, 4) is 0 Å². The Hall–Kier alpha value is -2.54. The van der Waals surface area contributed by atoms with Crippen LogP contribution in [0, 0.1) is 0 Å². The van der Waals surface area contributed by atoms with Gasteiger partial charge in [-0.15, -0.1) is 0 Å². The summed E-state index contributed by atoms with van der Waals surface area (Å²) >= 11 is 6.02. The van der Waals surface area contributed by atoms with Crippen molar-refractivity contribution in [2.24, 2.45) is 0 Å². The van der Waals surface area contributed by atoms with Crippen LogP contribution in [0.25, 0.3) is 5.52 Å². The summed E-state index contributed by atoms with van der Waals surface area (Å²) in [4.78, 5) is 19.7. The number of hydrogen-bond acceptors (Lipinski definition) is 3. The van der Waals surface area contributed by atoms with Crippen molar-refractivity contribution in [2.45, 2.75) is 25.4 Å². The highest BCUT2D eigenvalue weighted by Gasteiger charge is 2.37. The molecule has 0 spiro atoms. The Balaban J connectivity index is 1.88. The van der Waals surface area contributed by atoms with E-state index < -0.39 is 23.1 Å². The largest absolute Gasteiger partial charge is 0.417 e. The molecule has 4 nitrogen and oxygen atoms in total. The Morgan fingerprint density at radius 2 is 1.79 bits per heavy atom. The number of imidazole rings is 1. The predicted molar refractivity (Wildman–Crippen MR) is 101 cm³/mol. The molecule has 0 N–H and O–H groups in total. The molecule has 3 heterocycles. The first kappa shape index (κ1) is 18.8. The molecule has 1 fully saturated rings. The van der Waals surface area contributed by atoms with E-state index in [9.17, 15) is 18.0 Å². The molecule has 0 amide bonds. The minimum atomic E-state index is -4.70. The fourth-order valence-corrected chi connectivity index (χ4v) is 3.88. The summed E-state index contributed by atoms with van der Waals surface area (Å²) in [6.45, 7) is 1.60. The molecule has 0 saturated carbocycles. The van der Waals surface area contributed by atoms with Crippen molar-refractivity contribution in [3.63, 3.8) is 0 Å². The van der Waals surface area contributed by atoms with Crippen LogP contribution in [-0.4, -0.2) is 28.3 Å². The number of pyridine rings is 1. The second-order valence-electron chi connectivity index (χ2n) is 6.75. The van der Waals surface area contributed by atoms with Gasteiger partial charge in [0.15, 0.2) is 11.6 Å². The fourth-order valence-electron chi connectivity index (χ4n) is 3.62. The lowest BCUT2D eigenvalue weighted by atomic mass is 10.0. The maximum atomic E-state index is 13.5. The number of rotatable bonds is 3. The minimum absolute atomic E-state index is 0.0743. The number of benzene rings is 1. The van der Waals surface area contributed by atoms with Gasteiger partial charge in [-0.25, -0.2) is 4.98 Å². The monoisotopic (exact) mass is 407 g/mol. The van der Waals surface area contributed by atoms with Crippen molar-refractivity contribution in [3.05, 3.63) is 64.6 Å². The molecule has 8 heteroatoms. The molecule has 0 atom stereocenters. The Bertz CT molecular complexity index is 1040. The van der Waals surface area contributed by atoms with Crippen LogP contribution in [0.3, 0.4) is 0 Å². The van der Waals surface area contributed by atoms with E-state index in [1.165, 1.54) is 16.5 Å². The number of hydrogen-bond donors (Lipinski definition) is 0. The molecule has 1 saturated heterocycles. The Kier molecular flexibility index (Phi) is 4.79. The number of fused-ring (bicyclic) bond motifs is 1. The molecule has 146 valence electrons. The summed E-state index contributed by atoms with van der Waals surface area (Å²) in [6.07, 6.45) is 0.0875. The fraction of sp³-hybridized carbons (Fsp3) is 0.300. The van der Waals surface area contributed by atoms with Crippen LogP contribution in [0.1, 0.15) is 41.0 Å². The van der Waals surface area contributed by atoms with Crippen LogP contribution in [0.4, 0.5) is 19.0 Å². The highest BCUT2D eigenvalue weighted by Crippen LogP contribution is 2.36. The average Bonchev–Trinajstić information content (AvgIpc) is 3.07. The number of carbonyl (C=O) groups excluding carboxylic acids is 1. The van der Waals surface area contributed by atoms with E-state index in [4.69, 9.17) is 11.6 Å².